The van der Waals surface area contributed by atoms with E-state index in [2.05, 4.69) is 16.8 Å². The molecule has 1 aliphatic carbocycles. The van der Waals surface area contributed by atoms with Crippen LogP contribution in [0.25, 0.3) is 5.69 Å². The molecule has 212 valence electrons. The van der Waals surface area contributed by atoms with Crippen molar-refractivity contribution in [1.82, 2.24) is 14.8 Å². The summed E-state index contributed by atoms with van der Waals surface area (Å²) in [5.41, 5.74) is 3.46. The Kier molecular flexibility index (Phi) is 8.63. The standard InChI is InChI=1S/C32H40N4O4/c1-4-5-19-34(32(38)33-23-12-7-6-8-13-23)22-30(37)36-27-15-10-9-14-26(27)35-20-11-16-28(35)31(36)25-21-24(39-2)17-18-29(25)40-3/h9-11,14-18,20-21,23,31H,4-8,12-13,19,22H2,1-3H3,(H,33,38). The lowest BCUT2D eigenvalue weighted by molar-refractivity contribution is -0.119. The Morgan fingerprint density at radius 3 is 2.48 bits per heavy atom. The SMILES string of the molecule is CCCCN(CC(=O)N1c2ccccc2-n2cccc2C1c1cc(OC)ccc1OC)C(=O)NC1CCCCC1. The van der Waals surface area contributed by atoms with Gasteiger partial charge in [0.25, 0.3) is 0 Å². The molecule has 1 saturated carbocycles. The van der Waals surface area contributed by atoms with Crippen molar-refractivity contribution >= 4 is 17.6 Å². The van der Waals surface area contributed by atoms with E-state index in [1.165, 1.54) is 6.42 Å². The third kappa shape index (κ3) is 5.53. The van der Waals surface area contributed by atoms with E-state index >= 15 is 0 Å². The molecule has 3 amide bonds. The van der Waals surface area contributed by atoms with Crippen LogP contribution in [0.5, 0.6) is 11.5 Å². The van der Waals surface area contributed by atoms with Gasteiger partial charge in [0.15, 0.2) is 0 Å². The van der Waals surface area contributed by atoms with Gasteiger partial charge in [-0.1, -0.05) is 44.7 Å². The van der Waals surface area contributed by atoms with Crippen molar-refractivity contribution in [1.29, 1.82) is 0 Å². The van der Waals surface area contributed by atoms with Crippen molar-refractivity contribution in [3.63, 3.8) is 0 Å². The molecular formula is C32H40N4O4. The summed E-state index contributed by atoms with van der Waals surface area (Å²) in [6, 6.07) is 17.1. The minimum Gasteiger partial charge on any atom is -0.497 e. The van der Waals surface area contributed by atoms with E-state index in [0.717, 1.165) is 61.2 Å². The van der Waals surface area contributed by atoms with Crippen molar-refractivity contribution in [2.24, 2.45) is 0 Å². The molecule has 1 aliphatic heterocycles. The minimum atomic E-state index is -0.475. The highest BCUT2D eigenvalue weighted by atomic mass is 16.5. The molecule has 2 aliphatic rings. The molecule has 40 heavy (non-hydrogen) atoms. The van der Waals surface area contributed by atoms with Crippen molar-refractivity contribution in [3.8, 4) is 17.2 Å². The fourth-order valence-corrected chi connectivity index (χ4v) is 5.96. The summed E-state index contributed by atoms with van der Waals surface area (Å²) >= 11 is 0. The Morgan fingerprint density at radius 2 is 1.75 bits per heavy atom. The van der Waals surface area contributed by atoms with Crippen molar-refractivity contribution in [2.75, 3.05) is 32.2 Å². The number of amides is 3. The van der Waals surface area contributed by atoms with Crippen LogP contribution in [0.4, 0.5) is 10.5 Å². The van der Waals surface area contributed by atoms with E-state index in [4.69, 9.17) is 9.47 Å². The maximum Gasteiger partial charge on any atom is 0.318 e. The lowest BCUT2D eigenvalue weighted by Crippen LogP contribution is -2.51. The Hall–Kier alpha value is -3.94. The number of anilines is 1. The van der Waals surface area contributed by atoms with Gasteiger partial charge in [-0.25, -0.2) is 4.79 Å². The number of aromatic nitrogens is 1. The highest BCUT2D eigenvalue weighted by molar-refractivity contribution is 6.00. The Balaban J connectivity index is 1.53. The summed E-state index contributed by atoms with van der Waals surface area (Å²) in [5.74, 6) is 1.19. The van der Waals surface area contributed by atoms with Crippen LogP contribution >= 0.6 is 0 Å². The number of ether oxygens (including phenoxy) is 2. The van der Waals surface area contributed by atoms with E-state index in [-0.39, 0.29) is 24.5 Å². The molecule has 2 heterocycles. The minimum absolute atomic E-state index is 0.0175. The molecule has 5 rings (SSSR count). The quantitative estimate of drug-likeness (QED) is 0.355. The maximum absolute atomic E-state index is 14.4. The number of urea groups is 1. The zero-order chi connectivity index (χ0) is 28.1. The van der Waals surface area contributed by atoms with Crippen LogP contribution in [-0.4, -0.2) is 54.8 Å². The molecule has 1 atom stereocenters. The molecule has 8 heteroatoms. The second kappa shape index (κ2) is 12.5. The topological polar surface area (TPSA) is 76.0 Å². The smallest absolute Gasteiger partial charge is 0.318 e. The van der Waals surface area contributed by atoms with E-state index in [9.17, 15) is 9.59 Å². The predicted octanol–water partition coefficient (Wildman–Crippen LogP) is 6.07. The van der Waals surface area contributed by atoms with Crippen molar-refractivity contribution in [3.05, 3.63) is 72.1 Å². The summed E-state index contributed by atoms with van der Waals surface area (Å²) in [6.45, 7) is 2.61. The third-order valence-corrected chi connectivity index (χ3v) is 8.05. The van der Waals surface area contributed by atoms with Gasteiger partial charge in [0.1, 0.15) is 24.1 Å². The zero-order valence-corrected chi connectivity index (χ0v) is 23.8. The second-order valence-corrected chi connectivity index (χ2v) is 10.6. The molecule has 1 fully saturated rings. The average Bonchev–Trinajstić information content (AvgIpc) is 3.48. The molecule has 0 spiro atoms. The number of carbonyl (C=O) groups excluding carboxylic acids is 2. The summed E-state index contributed by atoms with van der Waals surface area (Å²) in [5, 5.41) is 3.22. The first-order chi connectivity index (χ1) is 19.5. The number of unbranched alkanes of at least 4 members (excludes halogenated alkanes) is 1. The Morgan fingerprint density at radius 1 is 0.975 bits per heavy atom. The van der Waals surface area contributed by atoms with Crippen molar-refractivity contribution in [2.45, 2.75) is 64.0 Å². The van der Waals surface area contributed by atoms with Gasteiger partial charge in [0.05, 0.1) is 31.3 Å². The van der Waals surface area contributed by atoms with Gasteiger partial charge in [-0.3, -0.25) is 9.69 Å². The van der Waals surface area contributed by atoms with Gasteiger partial charge >= 0.3 is 6.03 Å². The molecule has 8 nitrogen and oxygen atoms in total. The second-order valence-electron chi connectivity index (χ2n) is 10.6. The Bertz CT molecular complexity index is 1330. The first-order valence-corrected chi connectivity index (χ1v) is 14.4. The summed E-state index contributed by atoms with van der Waals surface area (Å²) in [4.78, 5) is 31.4. The largest absolute Gasteiger partial charge is 0.497 e. The Labute approximate surface area is 236 Å². The number of nitrogens with one attached hydrogen (secondary N) is 1. The first kappa shape index (κ1) is 27.6. The molecule has 2 aromatic carbocycles. The predicted molar refractivity (Wildman–Crippen MR) is 157 cm³/mol. The first-order valence-electron chi connectivity index (χ1n) is 14.4. The van der Waals surface area contributed by atoms with Crippen LogP contribution in [0, 0.1) is 0 Å². The number of hydrogen-bond acceptors (Lipinski definition) is 4. The number of fused-ring (bicyclic) bond motifs is 3. The summed E-state index contributed by atoms with van der Waals surface area (Å²) in [6.07, 6.45) is 9.25. The zero-order valence-electron chi connectivity index (χ0n) is 23.8. The molecule has 0 saturated heterocycles. The average molecular weight is 545 g/mol. The maximum atomic E-state index is 14.4. The number of nitrogens with zero attached hydrogens (tertiary/aromatic N) is 3. The number of carbonyl (C=O) groups is 2. The van der Waals surface area contributed by atoms with Crippen LogP contribution in [0.1, 0.15) is 69.2 Å². The number of methoxy groups -OCH3 is 2. The highest BCUT2D eigenvalue weighted by Gasteiger charge is 2.38. The monoisotopic (exact) mass is 544 g/mol. The van der Waals surface area contributed by atoms with E-state index < -0.39 is 6.04 Å². The van der Waals surface area contributed by atoms with Gasteiger partial charge in [0.2, 0.25) is 5.91 Å². The van der Waals surface area contributed by atoms with Gasteiger partial charge < -0.3 is 24.3 Å². The molecule has 1 unspecified atom stereocenters. The van der Waals surface area contributed by atoms with Crippen LogP contribution in [0.3, 0.4) is 0 Å². The van der Waals surface area contributed by atoms with Gasteiger partial charge in [-0.2, -0.15) is 0 Å². The fourth-order valence-electron chi connectivity index (χ4n) is 5.96. The normalized spacial score (nSPS) is 16.6. The lowest BCUT2D eigenvalue weighted by Gasteiger charge is -2.40. The van der Waals surface area contributed by atoms with E-state index in [0.29, 0.717) is 18.0 Å². The molecular weight excluding hydrogens is 504 g/mol. The van der Waals surface area contributed by atoms with Gasteiger partial charge in [-0.05, 0) is 61.7 Å². The lowest BCUT2D eigenvalue weighted by atomic mass is 9.95. The van der Waals surface area contributed by atoms with Crippen LogP contribution in [-0.2, 0) is 4.79 Å². The number of hydrogen-bond donors (Lipinski definition) is 1. The van der Waals surface area contributed by atoms with Crippen LogP contribution in [0.2, 0.25) is 0 Å². The number of rotatable bonds is 9. The van der Waals surface area contributed by atoms with E-state index in [1.807, 2.05) is 65.7 Å². The molecule has 0 bridgehead atoms. The van der Waals surface area contributed by atoms with Gasteiger partial charge in [-0.15, -0.1) is 0 Å². The highest BCUT2D eigenvalue weighted by Crippen LogP contribution is 2.45. The van der Waals surface area contributed by atoms with Crippen molar-refractivity contribution < 1.29 is 19.1 Å². The van der Waals surface area contributed by atoms with E-state index in [1.54, 1.807) is 19.1 Å². The molecule has 0 radical (unpaired) electrons. The number of benzene rings is 2. The number of para-hydroxylation sites is 2. The molecule has 3 aromatic rings. The third-order valence-electron chi connectivity index (χ3n) is 8.05. The van der Waals surface area contributed by atoms with Crippen LogP contribution < -0.4 is 19.7 Å². The van der Waals surface area contributed by atoms with Gasteiger partial charge in [0, 0.05) is 24.3 Å². The summed E-state index contributed by atoms with van der Waals surface area (Å²) in [7, 11) is 3.26. The van der Waals surface area contributed by atoms with Crippen LogP contribution in [0.15, 0.2) is 60.8 Å². The fraction of sp³-hybridized carbons (Fsp3) is 0.438. The molecule has 1 N–H and O–H groups in total. The molecule has 1 aromatic heterocycles. The summed E-state index contributed by atoms with van der Waals surface area (Å²) < 4.78 is 13.5.